The Labute approximate surface area is 116 Å². The first-order valence-electron chi connectivity index (χ1n) is 7.29. The molecule has 0 spiro atoms. The number of ether oxygens (including phenoxy) is 2. The Kier molecular flexibility index (Phi) is 6.34. The minimum Gasteiger partial charge on any atom is -0.385 e. The molecule has 19 heavy (non-hydrogen) atoms. The van der Waals surface area contributed by atoms with Gasteiger partial charge in [-0.3, -0.25) is 0 Å². The fraction of sp³-hybridized carbons (Fsp3) is 0.625. The SMILES string of the molecule is COCCCOCCNC1CCCc2ccccc21. The molecule has 2 rings (SSSR count). The van der Waals surface area contributed by atoms with Gasteiger partial charge in [0.2, 0.25) is 0 Å². The minimum atomic E-state index is 0.507. The Balaban J connectivity index is 1.67. The Morgan fingerprint density at radius 1 is 1.21 bits per heavy atom. The largest absolute Gasteiger partial charge is 0.385 e. The van der Waals surface area contributed by atoms with Crippen molar-refractivity contribution in [2.75, 3.05) is 33.5 Å². The Morgan fingerprint density at radius 2 is 2.11 bits per heavy atom. The summed E-state index contributed by atoms with van der Waals surface area (Å²) in [7, 11) is 1.72. The average Bonchev–Trinajstić information content (AvgIpc) is 2.46. The van der Waals surface area contributed by atoms with Gasteiger partial charge in [0.1, 0.15) is 0 Å². The number of hydrogen-bond donors (Lipinski definition) is 1. The number of benzene rings is 1. The molecular weight excluding hydrogens is 238 g/mol. The molecule has 0 amide bonds. The van der Waals surface area contributed by atoms with Crippen molar-refractivity contribution in [3.8, 4) is 0 Å². The van der Waals surface area contributed by atoms with E-state index in [9.17, 15) is 0 Å². The zero-order valence-electron chi connectivity index (χ0n) is 11.9. The van der Waals surface area contributed by atoms with Crippen LogP contribution >= 0.6 is 0 Å². The summed E-state index contributed by atoms with van der Waals surface area (Å²) in [4.78, 5) is 0. The van der Waals surface area contributed by atoms with E-state index in [2.05, 4.69) is 29.6 Å². The van der Waals surface area contributed by atoms with Crippen molar-refractivity contribution in [3.63, 3.8) is 0 Å². The minimum absolute atomic E-state index is 0.507. The normalized spacial score (nSPS) is 18.3. The maximum absolute atomic E-state index is 5.57. The molecule has 1 unspecified atom stereocenters. The number of methoxy groups -OCH3 is 1. The molecule has 0 saturated heterocycles. The van der Waals surface area contributed by atoms with Gasteiger partial charge in [-0.1, -0.05) is 24.3 Å². The molecule has 1 atom stereocenters. The van der Waals surface area contributed by atoms with Crippen LogP contribution in [0.25, 0.3) is 0 Å². The molecule has 0 bridgehead atoms. The van der Waals surface area contributed by atoms with Crippen LogP contribution in [0.5, 0.6) is 0 Å². The van der Waals surface area contributed by atoms with Crippen molar-refractivity contribution in [2.24, 2.45) is 0 Å². The van der Waals surface area contributed by atoms with Crippen LogP contribution in [0.1, 0.15) is 36.4 Å². The monoisotopic (exact) mass is 263 g/mol. The fourth-order valence-corrected chi connectivity index (χ4v) is 2.68. The van der Waals surface area contributed by atoms with Gasteiger partial charge in [-0.15, -0.1) is 0 Å². The van der Waals surface area contributed by atoms with Gasteiger partial charge in [0.05, 0.1) is 6.61 Å². The molecule has 0 radical (unpaired) electrons. The number of fused-ring (bicyclic) bond motifs is 1. The van der Waals surface area contributed by atoms with Crippen LogP contribution in [-0.2, 0) is 15.9 Å². The lowest BCUT2D eigenvalue weighted by molar-refractivity contribution is 0.103. The lowest BCUT2D eigenvalue weighted by Crippen LogP contribution is -2.28. The van der Waals surface area contributed by atoms with Crippen molar-refractivity contribution in [2.45, 2.75) is 31.7 Å². The molecule has 0 aromatic heterocycles. The molecule has 1 aromatic rings. The lowest BCUT2D eigenvalue weighted by atomic mass is 9.88. The molecule has 1 aliphatic carbocycles. The standard InChI is InChI=1S/C16H25NO2/c1-18-11-5-12-19-13-10-17-16-9-4-7-14-6-2-3-8-15(14)16/h2-3,6,8,16-17H,4-5,7,9-13H2,1H3. The molecular formula is C16H25NO2. The predicted octanol–water partition coefficient (Wildman–Crippen LogP) is 2.71. The van der Waals surface area contributed by atoms with Crippen LogP contribution in [0.2, 0.25) is 0 Å². The van der Waals surface area contributed by atoms with Gasteiger partial charge < -0.3 is 14.8 Å². The molecule has 0 fully saturated rings. The van der Waals surface area contributed by atoms with Crippen molar-refractivity contribution in [1.29, 1.82) is 0 Å². The summed E-state index contributed by atoms with van der Waals surface area (Å²) in [6.07, 6.45) is 4.72. The smallest absolute Gasteiger partial charge is 0.0591 e. The van der Waals surface area contributed by atoms with Crippen molar-refractivity contribution in [1.82, 2.24) is 5.32 Å². The second-order valence-electron chi connectivity index (χ2n) is 5.06. The third-order valence-corrected chi connectivity index (χ3v) is 3.64. The Hall–Kier alpha value is -0.900. The van der Waals surface area contributed by atoms with Crippen LogP contribution in [0.15, 0.2) is 24.3 Å². The highest BCUT2D eigenvalue weighted by molar-refractivity contribution is 5.32. The van der Waals surface area contributed by atoms with Gasteiger partial charge in [0, 0.05) is 32.9 Å². The van der Waals surface area contributed by atoms with Crippen LogP contribution in [0.3, 0.4) is 0 Å². The fourth-order valence-electron chi connectivity index (χ4n) is 2.68. The highest BCUT2D eigenvalue weighted by Gasteiger charge is 2.18. The Morgan fingerprint density at radius 3 is 3.00 bits per heavy atom. The average molecular weight is 263 g/mol. The predicted molar refractivity (Wildman–Crippen MR) is 77.4 cm³/mol. The molecule has 0 aliphatic heterocycles. The molecule has 106 valence electrons. The van der Waals surface area contributed by atoms with E-state index in [1.807, 2.05) is 0 Å². The van der Waals surface area contributed by atoms with Gasteiger partial charge >= 0.3 is 0 Å². The van der Waals surface area contributed by atoms with E-state index in [1.54, 1.807) is 7.11 Å². The second kappa shape index (κ2) is 8.31. The highest BCUT2D eigenvalue weighted by Crippen LogP contribution is 2.29. The number of nitrogens with one attached hydrogen (secondary N) is 1. The zero-order valence-corrected chi connectivity index (χ0v) is 11.9. The summed E-state index contributed by atoms with van der Waals surface area (Å²) in [5.41, 5.74) is 2.99. The van der Waals surface area contributed by atoms with Crippen LogP contribution in [0.4, 0.5) is 0 Å². The topological polar surface area (TPSA) is 30.5 Å². The van der Waals surface area contributed by atoms with Crippen molar-refractivity contribution < 1.29 is 9.47 Å². The number of hydrogen-bond acceptors (Lipinski definition) is 3. The van der Waals surface area contributed by atoms with E-state index in [0.717, 1.165) is 32.8 Å². The summed E-state index contributed by atoms with van der Waals surface area (Å²) >= 11 is 0. The van der Waals surface area contributed by atoms with E-state index in [-0.39, 0.29) is 0 Å². The van der Waals surface area contributed by atoms with Crippen LogP contribution in [0, 0.1) is 0 Å². The summed E-state index contributed by atoms with van der Waals surface area (Å²) in [5, 5.41) is 3.61. The van der Waals surface area contributed by atoms with Crippen LogP contribution < -0.4 is 5.32 Å². The first kappa shape index (κ1) is 14.5. The molecule has 0 heterocycles. The first-order valence-corrected chi connectivity index (χ1v) is 7.29. The number of aryl methyl sites for hydroxylation is 1. The quantitative estimate of drug-likeness (QED) is 0.732. The van der Waals surface area contributed by atoms with Gasteiger partial charge in [-0.2, -0.15) is 0 Å². The molecule has 3 nitrogen and oxygen atoms in total. The van der Waals surface area contributed by atoms with Crippen LogP contribution in [-0.4, -0.2) is 33.5 Å². The molecule has 1 aromatic carbocycles. The van der Waals surface area contributed by atoms with E-state index < -0.39 is 0 Å². The maximum Gasteiger partial charge on any atom is 0.0591 e. The summed E-state index contributed by atoms with van der Waals surface area (Å²) in [5.74, 6) is 0. The molecule has 1 N–H and O–H groups in total. The molecule has 0 saturated carbocycles. The third kappa shape index (κ3) is 4.60. The van der Waals surface area contributed by atoms with E-state index >= 15 is 0 Å². The van der Waals surface area contributed by atoms with Crippen molar-refractivity contribution in [3.05, 3.63) is 35.4 Å². The van der Waals surface area contributed by atoms with Gasteiger partial charge in [0.15, 0.2) is 0 Å². The van der Waals surface area contributed by atoms with E-state index in [1.165, 1.54) is 30.4 Å². The van der Waals surface area contributed by atoms with Gasteiger partial charge in [0.25, 0.3) is 0 Å². The van der Waals surface area contributed by atoms with E-state index in [0.29, 0.717) is 6.04 Å². The maximum atomic E-state index is 5.57. The number of rotatable bonds is 8. The summed E-state index contributed by atoms with van der Waals surface area (Å²) in [6, 6.07) is 9.29. The lowest BCUT2D eigenvalue weighted by Gasteiger charge is -2.26. The highest BCUT2D eigenvalue weighted by atomic mass is 16.5. The summed E-state index contributed by atoms with van der Waals surface area (Å²) in [6.45, 7) is 3.27. The van der Waals surface area contributed by atoms with Gasteiger partial charge in [-0.05, 0) is 36.8 Å². The molecule has 3 heteroatoms. The van der Waals surface area contributed by atoms with Crippen molar-refractivity contribution >= 4 is 0 Å². The van der Waals surface area contributed by atoms with Gasteiger partial charge in [-0.25, -0.2) is 0 Å². The third-order valence-electron chi connectivity index (χ3n) is 3.64. The molecule has 1 aliphatic rings. The zero-order chi connectivity index (χ0) is 13.3. The van der Waals surface area contributed by atoms with E-state index in [4.69, 9.17) is 9.47 Å². The summed E-state index contributed by atoms with van der Waals surface area (Å²) < 4.78 is 10.6. The second-order valence-corrected chi connectivity index (χ2v) is 5.06. The first-order chi connectivity index (χ1) is 9.42. The Bertz CT molecular complexity index is 368.